The van der Waals surface area contributed by atoms with Crippen molar-refractivity contribution < 1.29 is 23.1 Å². The highest BCUT2D eigenvalue weighted by molar-refractivity contribution is 5.96. The standard InChI is InChI=1S/C16H19F2N3O3.ClH/c17-16(18)8-12(19-9-16)14(22)20-10-3-5-11(6-4-10)21-15(23)13-2-1-7-24-13;/h3-6,12-13,19H,1-2,7-9H2,(H,20,22)(H,21,23);1H. The van der Waals surface area contributed by atoms with Gasteiger partial charge in [-0.05, 0) is 37.1 Å². The van der Waals surface area contributed by atoms with E-state index in [1.54, 1.807) is 24.3 Å². The first kappa shape index (κ1) is 19.6. The van der Waals surface area contributed by atoms with Crippen LogP contribution in [0.1, 0.15) is 19.3 Å². The molecule has 0 radical (unpaired) electrons. The topological polar surface area (TPSA) is 79.5 Å². The summed E-state index contributed by atoms with van der Waals surface area (Å²) < 4.78 is 31.5. The lowest BCUT2D eigenvalue weighted by molar-refractivity contribution is -0.124. The third kappa shape index (κ3) is 5.10. The molecule has 6 nitrogen and oxygen atoms in total. The van der Waals surface area contributed by atoms with E-state index < -0.39 is 36.9 Å². The van der Waals surface area contributed by atoms with E-state index in [0.29, 0.717) is 24.4 Å². The normalized spacial score (nSPS) is 24.4. The Bertz CT molecular complexity index is 622. The zero-order valence-electron chi connectivity index (χ0n) is 13.4. The molecule has 9 heteroatoms. The predicted octanol–water partition coefficient (Wildman–Crippen LogP) is 2.16. The van der Waals surface area contributed by atoms with Crippen LogP contribution in [0, 0.1) is 0 Å². The maximum atomic E-state index is 13.1. The van der Waals surface area contributed by atoms with Crippen molar-refractivity contribution in [3.05, 3.63) is 24.3 Å². The number of carbonyl (C=O) groups excluding carboxylic acids is 2. The highest BCUT2D eigenvalue weighted by atomic mass is 35.5. The minimum absolute atomic E-state index is 0. The SMILES string of the molecule is Cl.O=C(Nc1ccc(NC(=O)C2CCCO2)cc1)C1CC(F)(F)CN1. The van der Waals surface area contributed by atoms with Crippen LogP contribution in [-0.4, -0.2) is 43.0 Å². The van der Waals surface area contributed by atoms with Crippen LogP contribution in [0.15, 0.2) is 24.3 Å². The number of alkyl halides is 2. The van der Waals surface area contributed by atoms with E-state index >= 15 is 0 Å². The highest BCUT2D eigenvalue weighted by Crippen LogP contribution is 2.26. The van der Waals surface area contributed by atoms with Crippen molar-refractivity contribution in [1.82, 2.24) is 5.32 Å². The van der Waals surface area contributed by atoms with E-state index in [9.17, 15) is 18.4 Å². The van der Waals surface area contributed by atoms with Gasteiger partial charge in [0.1, 0.15) is 6.10 Å². The van der Waals surface area contributed by atoms with E-state index in [1.165, 1.54) is 0 Å². The number of anilines is 2. The summed E-state index contributed by atoms with van der Waals surface area (Å²) in [7, 11) is 0. The molecule has 3 rings (SSSR count). The maximum Gasteiger partial charge on any atom is 0.262 e. The van der Waals surface area contributed by atoms with E-state index in [-0.39, 0.29) is 18.3 Å². The molecular formula is C16H20ClF2N3O3. The van der Waals surface area contributed by atoms with Crippen molar-refractivity contribution in [3.63, 3.8) is 0 Å². The van der Waals surface area contributed by atoms with Gasteiger partial charge in [-0.15, -0.1) is 12.4 Å². The Morgan fingerprint density at radius 3 is 2.20 bits per heavy atom. The Morgan fingerprint density at radius 2 is 1.72 bits per heavy atom. The lowest BCUT2D eigenvalue weighted by Gasteiger charge is -2.13. The number of benzene rings is 1. The molecule has 2 aliphatic heterocycles. The number of halogens is 3. The molecule has 0 bridgehead atoms. The molecule has 2 unspecified atom stereocenters. The summed E-state index contributed by atoms with van der Waals surface area (Å²) in [5.74, 6) is -3.54. The molecule has 2 saturated heterocycles. The van der Waals surface area contributed by atoms with Crippen LogP contribution in [0.4, 0.5) is 20.2 Å². The third-order valence-corrected chi connectivity index (χ3v) is 4.07. The first-order valence-electron chi connectivity index (χ1n) is 7.88. The van der Waals surface area contributed by atoms with E-state index in [2.05, 4.69) is 16.0 Å². The van der Waals surface area contributed by atoms with Gasteiger partial charge in [0.25, 0.3) is 11.8 Å². The number of ether oxygens (including phenoxy) is 1. The summed E-state index contributed by atoms with van der Waals surface area (Å²) in [6.45, 7) is 0.108. The van der Waals surface area contributed by atoms with Gasteiger partial charge in [0.15, 0.2) is 0 Å². The molecule has 2 atom stereocenters. The molecular weight excluding hydrogens is 356 g/mol. The van der Waals surface area contributed by atoms with Gasteiger partial charge in [0.05, 0.1) is 12.6 Å². The van der Waals surface area contributed by atoms with Gasteiger partial charge in [0.2, 0.25) is 5.91 Å². The molecule has 2 fully saturated rings. The molecule has 0 aliphatic carbocycles. The lowest BCUT2D eigenvalue weighted by atomic mass is 10.1. The average molecular weight is 376 g/mol. The van der Waals surface area contributed by atoms with Crippen LogP contribution < -0.4 is 16.0 Å². The van der Waals surface area contributed by atoms with Crippen molar-refractivity contribution >= 4 is 35.6 Å². The number of nitrogens with one attached hydrogen (secondary N) is 3. The first-order chi connectivity index (χ1) is 11.4. The minimum Gasteiger partial charge on any atom is -0.368 e. The van der Waals surface area contributed by atoms with Crippen molar-refractivity contribution in [2.75, 3.05) is 23.8 Å². The van der Waals surface area contributed by atoms with Crippen molar-refractivity contribution in [2.45, 2.75) is 37.3 Å². The van der Waals surface area contributed by atoms with Crippen molar-refractivity contribution in [2.24, 2.45) is 0 Å². The fourth-order valence-electron chi connectivity index (χ4n) is 2.77. The van der Waals surface area contributed by atoms with Crippen LogP contribution in [0.3, 0.4) is 0 Å². The van der Waals surface area contributed by atoms with E-state index in [4.69, 9.17) is 4.74 Å². The van der Waals surface area contributed by atoms with Gasteiger partial charge in [0, 0.05) is 24.4 Å². The molecule has 138 valence electrons. The van der Waals surface area contributed by atoms with Gasteiger partial charge in [-0.2, -0.15) is 0 Å². The zero-order valence-corrected chi connectivity index (χ0v) is 14.2. The second-order valence-electron chi connectivity index (χ2n) is 6.05. The Kier molecular flexibility index (Phi) is 6.31. The number of hydrogen-bond acceptors (Lipinski definition) is 4. The summed E-state index contributed by atoms with van der Waals surface area (Å²) >= 11 is 0. The molecule has 1 aromatic rings. The largest absolute Gasteiger partial charge is 0.368 e. The van der Waals surface area contributed by atoms with Gasteiger partial charge in [-0.3, -0.25) is 14.9 Å². The molecule has 3 N–H and O–H groups in total. The molecule has 2 amide bonds. The Morgan fingerprint density at radius 1 is 1.12 bits per heavy atom. The van der Waals surface area contributed by atoms with Crippen LogP contribution in [0.25, 0.3) is 0 Å². The minimum atomic E-state index is -2.85. The van der Waals surface area contributed by atoms with E-state index in [0.717, 1.165) is 6.42 Å². The number of rotatable bonds is 4. The Balaban J connectivity index is 0.00000225. The second kappa shape index (κ2) is 8.07. The monoisotopic (exact) mass is 375 g/mol. The summed E-state index contributed by atoms with van der Waals surface area (Å²) in [5, 5.41) is 7.83. The summed E-state index contributed by atoms with van der Waals surface area (Å²) in [6, 6.07) is 5.59. The smallest absolute Gasteiger partial charge is 0.262 e. The summed E-state index contributed by atoms with van der Waals surface area (Å²) in [5.41, 5.74) is 1.06. The fraction of sp³-hybridized carbons (Fsp3) is 0.500. The summed E-state index contributed by atoms with van der Waals surface area (Å²) in [4.78, 5) is 23.9. The highest BCUT2D eigenvalue weighted by Gasteiger charge is 2.42. The average Bonchev–Trinajstić information content (AvgIpc) is 3.18. The Labute approximate surface area is 150 Å². The lowest BCUT2D eigenvalue weighted by Crippen LogP contribution is -2.35. The van der Waals surface area contributed by atoms with Gasteiger partial charge in [-0.1, -0.05) is 0 Å². The van der Waals surface area contributed by atoms with Crippen LogP contribution in [0.5, 0.6) is 0 Å². The van der Waals surface area contributed by atoms with Crippen molar-refractivity contribution in [1.29, 1.82) is 0 Å². The van der Waals surface area contributed by atoms with E-state index in [1.807, 2.05) is 0 Å². The maximum absolute atomic E-state index is 13.1. The van der Waals surface area contributed by atoms with Crippen molar-refractivity contribution in [3.8, 4) is 0 Å². The fourth-order valence-corrected chi connectivity index (χ4v) is 2.77. The quantitative estimate of drug-likeness (QED) is 0.753. The second-order valence-corrected chi connectivity index (χ2v) is 6.05. The molecule has 0 spiro atoms. The number of amides is 2. The van der Waals surface area contributed by atoms with Gasteiger partial charge in [-0.25, -0.2) is 8.78 Å². The molecule has 2 heterocycles. The van der Waals surface area contributed by atoms with Crippen LogP contribution in [-0.2, 0) is 14.3 Å². The number of hydrogen-bond donors (Lipinski definition) is 3. The zero-order chi connectivity index (χ0) is 17.2. The summed E-state index contributed by atoms with van der Waals surface area (Å²) in [6.07, 6.45) is 0.657. The molecule has 0 saturated carbocycles. The van der Waals surface area contributed by atoms with Crippen LogP contribution >= 0.6 is 12.4 Å². The molecule has 2 aliphatic rings. The van der Waals surface area contributed by atoms with Gasteiger partial charge >= 0.3 is 0 Å². The first-order valence-corrected chi connectivity index (χ1v) is 7.88. The number of carbonyl (C=O) groups is 2. The van der Waals surface area contributed by atoms with Gasteiger partial charge < -0.3 is 15.4 Å². The predicted molar refractivity (Wildman–Crippen MR) is 91.3 cm³/mol. The molecule has 0 aromatic heterocycles. The molecule has 1 aromatic carbocycles. The molecule has 25 heavy (non-hydrogen) atoms. The Hall–Kier alpha value is -1.77. The van der Waals surface area contributed by atoms with Crippen LogP contribution in [0.2, 0.25) is 0 Å². The third-order valence-electron chi connectivity index (χ3n) is 4.07.